The number of thiazole rings is 1. The molecule has 6 heteroatoms. The minimum atomic E-state index is -0.632. The summed E-state index contributed by atoms with van der Waals surface area (Å²) in [7, 11) is 0. The first-order valence-electron chi connectivity index (χ1n) is 4.36. The third kappa shape index (κ3) is 3.29. The minimum Gasteiger partial charge on any atom is -0.301 e. The van der Waals surface area contributed by atoms with Crippen molar-refractivity contribution in [3.05, 3.63) is 9.98 Å². The summed E-state index contributed by atoms with van der Waals surface area (Å²) < 4.78 is 0.843. The highest BCUT2D eigenvalue weighted by molar-refractivity contribution is 9.11. The zero-order valence-electron chi connectivity index (χ0n) is 8.32. The molecule has 0 spiro atoms. The molecule has 1 N–H and O–H groups in total. The number of hydrogen-bond acceptors (Lipinski definition) is 4. The van der Waals surface area contributed by atoms with E-state index in [1.807, 2.05) is 19.9 Å². The lowest BCUT2D eigenvalue weighted by Crippen LogP contribution is -2.25. The maximum absolute atomic E-state index is 11.6. The van der Waals surface area contributed by atoms with E-state index in [-0.39, 0.29) is 11.8 Å². The summed E-state index contributed by atoms with van der Waals surface area (Å²) in [6.45, 7) is 3.68. The van der Waals surface area contributed by atoms with Gasteiger partial charge in [0.05, 0.1) is 16.1 Å². The molecule has 15 heavy (non-hydrogen) atoms. The Kier molecular flexibility index (Phi) is 4.24. The Balaban J connectivity index is 2.67. The summed E-state index contributed by atoms with van der Waals surface area (Å²) in [6, 6.07) is 1.98. The van der Waals surface area contributed by atoms with Gasteiger partial charge in [-0.3, -0.25) is 4.79 Å². The summed E-state index contributed by atoms with van der Waals surface area (Å²) in [5.41, 5.74) is 0. The fraction of sp³-hybridized carbons (Fsp3) is 0.444. The molecular formula is C9H10BrN3OS. The number of rotatable bonds is 3. The molecule has 0 aromatic carbocycles. The standard InChI is InChI=1S/C9H10BrN3OS/c1-5(2)6(3-11)8(14)13-9-12-4-7(10)15-9/h4-6H,1-2H3,(H,12,13,14). The third-order valence-corrected chi connectivity index (χ3v) is 3.19. The van der Waals surface area contributed by atoms with E-state index in [1.54, 1.807) is 6.20 Å². The molecule has 1 aromatic heterocycles. The number of carbonyl (C=O) groups excluding carboxylic acids is 1. The summed E-state index contributed by atoms with van der Waals surface area (Å²) in [4.78, 5) is 15.6. The van der Waals surface area contributed by atoms with E-state index in [4.69, 9.17) is 5.26 Å². The number of nitrogens with zero attached hydrogens (tertiary/aromatic N) is 2. The van der Waals surface area contributed by atoms with E-state index in [2.05, 4.69) is 26.2 Å². The fourth-order valence-electron chi connectivity index (χ4n) is 1.01. The molecule has 0 saturated heterocycles. The van der Waals surface area contributed by atoms with Gasteiger partial charge in [0.15, 0.2) is 5.13 Å². The number of hydrogen-bond donors (Lipinski definition) is 1. The van der Waals surface area contributed by atoms with Gasteiger partial charge in [-0.05, 0) is 21.8 Å². The Morgan fingerprint density at radius 3 is 2.80 bits per heavy atom. The first-order chi connectivity index (χ1) is 7.04. The smallest absolute Gasteiger partial charge is 0.243 e. The Hall–Kier alpha value is -0.930. The van der Waals surface area contributed by atoms with Crippen LogP contribution in [0.5, 0.6) is 0 Å². The number of amides is 1. The van der Waals surface area contributed by atoms with Crippen LogP contribution in [0.3, 0.4) is 0 Å². The van der Waals surface area contributed by atoms with E-state index in [0.29, 0.717) is 5.13 Å². The Labute approximate surface area is 100 Å². The predicted octanol–water partition coefficient (Wildman–Crippen LogP) is 2.64. The first-order valence-corrected chi connectivity index (χ1v) is 5.97. The van der Waals surface area contributed by atoms with Crippen LogP contribution in [0.2, 0.25) is 0 Å². The molecule has 0 aliphatic heterocycles. The molecule has 0 saturated carbocycles. The van der Waals surface area contributed by atoms with E-state index in [1.165, 1.54) is 11.3 Å². The zero-order valence-corrected chi connectivity index (χ0v) is 10.7. The molecule has 1 heterocycles. The maximum Gasteiger partial charge on any atom is 0.243 e. The lowest BCUT2D eigenvalue weighted by atomic mass is 9.97. The van der Waals surface area contributed by atoms with Crippen molar-refractivity contribution < 1.29 is 4.79 Å². The number of anilines is 1. The fourth-order valence-corrected chi connectivity index (χ4v) is 2.12. The van der Waals surface area contributed by atoms with Gasteiger partial charge in [0.2, 0.25) is 5.91 Å². The Bertz CT molecular complexity index is 396. The number of carbonyl (C=O) groups is 1. The van der Waals surface area contributed by atoms with Gasteiger partial charge < -0.3 is 5.32 Å². The average molecular weight is 288 g/mol. The molecule has 80 valence electrons. The van der Waals surface area contributed by atoms with Gasteiger partial charge in [-0.15, -0.1) is 0 Å². The van der Waals surface area contributed by atoms with Crippen LogP contribution < -0.4 is 5.32 Å². The molecule has 1 aromatic rings. The SMILES string of the molecule is CC(C)C(C#N)C(=O)Nc1ncc(Br)s1. The van der Waals surface area contributed by atoms with Crippen LogP contribution in [0.25, 0.3) is 0 Å². The summed E-state index contributed by atoms with van der Waals surface area (Å²) in [5.74, 6) is -0.930. The van der Waals surface area contributed by atoms with Crippen molar-refractivity contribution in [3.8, 4) is 6.07 Å². The van der Waals surface area contributed by atoms with Gasteiger partial charge in [0, 0.05) is 0 Å². The lowest BCUT2D eigenvalue weighted by molar-refractivity contribution is -0.119. The molecule has 1 unspecified atom stereocenters. The number of nitrogens with one attached hydrogen (secondary N) is 1. The largest absolute Gasteiger partial charge is 0.301 e. The molecule has 0 bridgehead atoms. The number of halogens is 1. The molecule has 0 radical (unpaired) electrons. The van der Waals surface area contributed by atoms with Crippen LogP contribution >= 0.6 is 27.3 Å². The van der Waals surface area contributed by atoms with Gasteiger partial charge in [-0.25, -0.2) is 4.98 Å². The van der Waals surface area contributed by atoms with Crippen molar-refractivity contribution in [2.75, 3.05) is 5.32 Å². The highest BCUT2D eigenvalue weighted by Crippen LogP contribution is 2.24. The lowest BCUT2D eigenvalue weighted by Gasteiger charge is -2.10. The second kappa shape index (κ2) is 5.24. The van der Waals surface area contributed by atoms with Crippen molar-refractivity contribution in [1.29, 1.82) is 5.26 Å². The number of nitriles is 1. The molecule has 1 amide bonds. The second-order valence-electron chi connectivity index (χ2n) is 3.31. The Morgan fingerprint density at radius 2 is 2.40 bits per heavy atom. The van der Waals surface area contributed by atoms with Crippen molar-refractivity contribution in [1.82, 2.24) is 4.98 Å². The van der Waals surface area contributed by atoms with E-state index in [9.17, 15) is 4.79 Å². The molecule has 1 atom stereocenters. The predicted molar refractivity (Wildman–Crippen MR) is 62.4 cm³/mol. The van der Waals surface area contributed by atoms with E-state index >= 15 is 0 Å². The van der Waals surface area contributed by atoms with E-state index in [0.717, 1.165) is 3.79 Å². The summed E-state index contributed by atoms with van der Waals surface area (Å²) in [5, 5.41) is 11.9. The molecule has 0 fully saturated rings. The van der Waals surface area contributed by atoms with Crippen LogP contribution in [-0.4, -0.2) is 10.9 Å². The molecule has 0 aliphatic carbocycles. The number of aromatic nitrogens is 1. The topological polar surface area (TPSA) is 65.8 Å². The normalized spacial score (nSPS) is 12.2. The third-order valence-electron chi connectivity index (χ3n) is 1.80. The molecule has 0 aliphatic rings. The Morgan fingerprint density at radius 1 is 1.73 bits per heavy atom. The van der Waals surface area contributed by atoms with Crippen LogP contribution in [-0.2, 0) is 4.79 Å². The highest BCUT2D eigenvalue weighted by atomic mass is 79.9. The van der Waals surface area contributed by atoms with E-state index < -0.39 is 5.92 Å². The second-order valence-corrected chi connectivity index (χ2v) is 5.72. The van der Waals surface area contributed by atoms with Gasteiger partial charge >= 0.3 is 0 Å². The van der Waals surface area contributed by atoms with Crippen molar-refractivity contribution in [2.24, 2.45) is 11.8 Å². The monoisotopic (exact) mass is 287 g/mol. The van der Waals surface area contributed by atoms with Crippen molar-refractivity contribution >= 4 is 38.3 Å². The van der Waals surface area contributed by atoms with Gasteiger partial charge in [-0.1, -0.05) is 25.2 Å². The molecule has 1 rings (SSSR count). The summed E-state index contributed by atoms with van der Waals surface area (Å²) in [6.07, 6.45) is 1.61. The molecule has 4 nitrogen and oxygen atoms in total. The quantitative estimate of drug-likeness (QED) is 0.929. The highest BCUT2D eigenvalue weighted by Gasteiger charge is 2.22. The summed E-state index contributed by atoms with van der Waals surface area (Å²) >= 11 is 4.56. The van der Waals surface area contributed by atoms with Crippen LogP contribution in [0.15, 0.2) is 9.98 Å². The van der Waals surface area contributed by atoms with Gasteiger partial charge in [0.1, 0.15) is 5.92 Å². The van der Waals surface area contributed by atoms with Crippen molar-refractivity contribution in [2.45, 2.75) is 13.8 Å². The zero-order chi connectivity index (χ0) is 11.4. The first kappa shape index (κ1) is 12.1. The minimum absolute atomic E-state index is 0.00148. The van der Waals surface area contributed by atoms with Crippen LogP contribution in [0.4, 0.5) is 5.13 Å². The van der Waals surface area contributed by atoms with Gasteiger partial charge in [-0.2, -0.15) is 5.26 Å². The molecular weight excluding hydrogens is 278 g/mol. The van der Waals surface area contributed by atoms with Crippen LogP contribution in [0.1, 0.15) is 13.8 Å². The maximum atomic E-state index is 11.6. The van der Waals surface area contributed by atoms with Gasteiger partial charge in [0.25, 0.3) is 0 Å². The van der Waals surface area contributed by atoms with Crippen LogP contribution in [0, 0.1) is 23.2 Å². The average Bonchev–Trinajstić information content (AvgIpc) is 2.51. The van der Waals surface area contributed by atoms with Crippen molar-refractivity contribution in [3.63, 3.8) is 0 Å².